The first kappa shape index (κ1) is 38.1. The number of anilines is 1. The Morgan fingerprint density at radius 2 is 1.71 bits per heavy atom. The molecule has 0 radical (unpaired) electrons. The molecule has 0 spiro atoms. The number of halogens is 3. The van der Waals surface area contributed by atoms with Crippen LogP contribution in [0.2, 0.25) is 0 Å². The topological polar surface area (TPSA) is 162 Å². The van der Waals surface area contributed by atoms with E-state index in [9.17, 15) is 27.9 Å². The van der Waals surface area contributed by atoms with Gasteiger partial charge in [0.25, 0.3) is 5.91 Å². The van der Waals surface area contributed by atoms with Crippen molar-refractivity contribution >= 4 is 29.2 Å². The van der Waals surface area contributed by atoms with Crippen molar-refractivity contribution in [2.45, 2.75) is 65.0 Å². The van der Waals surface area contributed by atoms with Crippen molar-refractivity contribution in [3.63, 3.8) is 0 Å². The third kappa shape index (κ3) is 8.55. The molecule has 0 bridgehead atoms. The Balaban J connectivity index is 0.000000804. The molecule has 1 saturated heterocycles. The first-order chi connectivity index (χ1) is 22.4. The molecule has 2 aromatic carbocycles. The van der Waals surface area contributed by atoms with Crippen LogP contribution in [0.4, 0.5) is 18.9 Å². The van der Waals surface area contributed by atoms with Crippen LogP contribution in [0.25, 0.3) is 0 Å². The van der Waals surface area contributed by atoms with Gasteiger partial charge in [-0.3, -0.25) is 15.0 Å². The van der Waals surface area contributed by atoms with E-state index in [1.807, 2.05) is 30.9 Å². The fourth-order valence-corrected chi connectivity index (χ4v) is 5.53. The van der Waals surface area contributed by atoms with Gasteiger partial charge in [-0.2, -0.15) is 13.2 Å². The molecule has 2 aliphatic heterocycles. The molecule has 0 saturated carbocycles. The third-order valence-corrected chi connectivity index (χ3v) is 7.85. The number of amidine groups is 1. The summed E-state index contributed by atoms with van der Waals surface area (Å²) in [6, 6.07) is 7.16. The van der Waals surface area contributed by atoms with Gasteiger partial charge < -0.3 is 39.5 Å². The number of rotatable bonds is 10. The van der Waals surface area contributed by atoms with E-state index >= 15 is 0 Å². The van der Waals surface area contributed by atoms with Crippen LogP contribution in [0, 0.1) is 5.41 Å². The fourth-order valence-electron chi connectivity index (χ4n) is 5.53. The van der Waals surface area contributed by atoms with E-state index in [4.69, 9.17) is 29.5 Å². The van der Waals surface area contributed by atoms with Gasteiger partial charge in [0, 0.05) is 50.0 Å². The molecule has 1 amide bonds. The molecule has 12 nitrogen and oxygen atoms in total. The van der Waals surface area contributed by atoms with Gasteiger partial charge in [-0.15, -0.1) is 0 Å². The van der Waals surface area contributed by atoms with Crippen molar-refractivity contribution in [3.8, 4) is 11.5 Å². The second kappa shape index (κ2) is 15.2. The molecule has 0 unspecified atom stereocenters. The predicted molar refractivity (Wildman–Crippen MR) is 172 cm³/mol. The minimum Gasteiger partial charge on any atom is -0.494 e. The zero-order valence-electron chi connectivity index (χ0n) is 28.1. The van der Waals surface area contributed by atoms with Crippen LogP contribution in [-0.2, 0) is 21.5 Å². The van der Waals surface area contributed by atoms with Crippen molar-refractivity contribution in [1.82, 2.24) is 10.2 Å². The number of alkyl halides is 3. The van der Waals surface area contributed by atoms with E-state index in [1.54, 1.807) is 31.2 Å². The maximum Gasteiger partial charge on any atom is 0.490 e. The Labute approximate surface area is 277 Å². The van der Waals surface area contributed by atoms with E-state index < -0.39 is 18.2 Å². The number of nitrogens with zero attached hydrogens (tertiary/aromatic N) is 2. The minimum absolute atomic E-state index is 0.00760. The Morgan fingerprint density at radius 1 is 1.06 bits per heavy atom. The zero-order chi connectivity index (χ0) is 36.1. The number of carbonyl (C=O) groups excluding carboxylic acids is 2. The molecule has 264 valence electrons. The van der Waals surface area contributed by atoms with Gasteiger partial charge in [-0.05, 0) is 49.1 Å². The highest BCUT2D eigenvalue weighted by Gasteiger charge is 2.38. The largest absolute Gasteiger partial charge is 0.494 e. The molecule has 2 aliphatic rings. The number of benzene rings is 2. The molecule has 2 heterocycles. The van der Waals surface area contributed by atoms with Crippen LogP contribution in [-0.4, -0.2) is 104 Å². The van der Waals surface area contributed by atoms with Crippen molar-refractivity contribution in [2.75, 3.05) is 51.9 Å². The number of methoxy groups -OCH3 is 1. The SMILES string of the molecule is CCOc1cc2c(cc1C(=O)NC)C(=N)N(CC(=O)c1cc(N3C[C@H](OCC)[C@@H](O)C3)c(OC)c(C(C)(C)C)c1)C2.O=C(O)C(F)(F)F. The van der Waals surface area contributed by atoms with E-state index in [2.05, 4.69) is 26.1 Å². The zero-order valence-corrected chi connectivity index (χ0v) is 28.1. The Bertz CT molecular complexity index is 1540. The second-order valence-electron chi connectivity index (χ2n) is 12.2. The first-order valence-electron chi connectivity index (χ1n) is 15.3. The number of carbonyl (C=O) groups is 3. The number of hydrogen-bond donors (Lipinski definition) is 4. The van der Waals surface area contributed by atoms with Gasteiger partial charge in [0.1, 0.15) is 23.4 Å². The average molecular weight is 681 g/mol. The summed E-state index contributed by atoms with van der Waals surface area (Å²) in [4.78, 5) is 38.9. The van der Waals surface area contributed by atoms with Crippen LogP contribution in [0.15, 0.2) is 24.3 Å². The van der Waals surface area contributed by atoms with Gasteiger partial charge in [-0.25, -0.2) is 4.79 Å². The summed E-state index contributed by atoms with van der Waals surface area (Å²) in [5.74, 6) is -1.88. The molecule has 2 atom stereocenters. The molecule has 2 aromatic rings. The third-order valence-electron chi connectivity index (χ3n) is 7.85. The lowest BCUT2D eigenvalue weighted by Crippen LogP contribution is -2.31. The molecule has 0 aromatic heterocycles. The maximum atomic E-state index is 13.8. The lowest BCUT2D eigenvalue weighted by Gasteiger charge is -2.29. The summed E-state index contributed by atoms with van der Waals surface area (Å²) >= 11 is 0. The number of ketones is 1. The number of amides is 1. The molecular weight excluding hydrogens is 637 g/mol. The van der Waals surface area contributed by atoms with Gasteiger partial charge in [-0.1, -0.05) is 20.8 Å². The second-order valence-corrected chi connectivity index (χ2v) is 12.2. The smallest absolute Gasteiger partial charge is 0.490 e. The highest BCUT2D eigenvalue weighted by atomic mass is 19.4. The number of carboxylic acid groups (broad SMARTS) is 1. The summed E-state index contributed by atoms with van der Waals surface area (Å²) in [6.45, 7) is 12.0. The number of aliphatic hydroxyl groups excluding tert-OH is 1. The lowest BCUT2D eigenvalue weighted by molar-refractivity contribution is -0.192. The maximum absolute atomic E-state index is 13.8. The van der Waals surface area contributed by atoms with E-state index in [0.29, 0.717) is 61.0 Å². The van der Waals surface area contributed by atoms with Crippen LogP contribution >= 0.6 is 0 Å². The number of fused-ring (bicyclic) bond motifs is 1. The molecule has 1 fully saturated rings. The predicted octanol–water partition coefficient (Wildman–Crippen LogP) is 3.99. The molecule has 4 rings (SSSR count). The number of hydrogen-bond acceptors (Lipinski definition) is 9. The van der Waals surface area contributed by atoms with Crippen LogP contribution < -0.4 is 19.7 Å². The number of aliphatic hydroxyl groups is 1. The van der Waals surface area contributed by atoms with E-state index in [-0.39, 0.29) is 35.6 Å². The lowest BCUT2D eigenvalue weighted by atomic mass is 9.84. The molecule has 15 heteroatoms. The first-order valence-corrected chi connectivity index (χ1v) is 15.3. The summed E-state index contributed by atoms with van der Waals surface area (Å²) in [5, 5.41) is 29.2. The van der Waals surface area contributed by atoms with Crippen LogP contribution in [0.1, 0.15) is 72.0 Å². The number of ether oxygens (including phenoxy) is 3. The van der Waals surface area contributed by atoms with Gasteiger partial charge in [0.2, 0.25) is 0 Å². The number of aliphatic carboxylic acids is 1. The number of Topliss-reactive ketones (excluding diaryl/α,β-unsaturated/α-hetero) is 1. The quantitative estimate of drug-likeness (QED) is 0.270. The fraction of sp³-hybridized carbons (Fsp3) is 0.515. The number of β-amino-alcohol motifs (C(OH)–C–C–N with tert-alkyl or cyclic N) is 1. The van der Waals surface area contributed by atoms with Gasteiger partial charge >= 0.3 is 12.1 Å². The van der Waals surface area contributed by atoms with E-state index in [0.717, 1.165) is 16.8 Å². The van der Waals surface area contributed by atoms with Crippen LogP contribution in [0.3, 0.4) is 0 Å². The minimum atomic E-state index is -5.08. The van der Waals surface area contributed by atoms with Crippen molar-refractivity contribution < 1.29 is 52.0 Å². The highest BCUT2D eigenvalue weighted by molar-refractivity contribution is 6.08. The summed E-state index contributed by atoms with van der Waals surface area (Å²) < 4.78 is 49.1. The summed E-state index contributed by atoms with van der Waals surface area (Å²) in [5.41, 5.74) is 3.60. The molecule has 4 N–H and O–H groups in total. The van der Waals surface area contributed by atoms with Gasteiger partial charge in [0.15, 0.2) is 5.78 Å². The molecular formula is C33H43F3N4O8. The standard InChI is InChI=1S/C31H42N4O6.C2HF3O2/c1-8-40-26-12-19-14-35(29(32)20(19)13-21(26)30(38)33-6)15-24(36)18-10-22(31(3,4)5)28(39-7)23(11-18)34-16-25(37)27(17-34)41-9-2;3-2(4,5)1(6)7/h10-13,25,27,32,37H,8-9,14-17H2,1-7H3,(H,33,38);(H,6,7)/t25-,27-;/m0./s1. The molecule has 0 aliphatic carbocycles. The normalized spacial score (nSPS) is 17.4. The van der Waals surface area contributed by atoms with Crippen molar-refractivity contribution in [3.05, 3.63) is 52.1 Å². The number of carboxylic acids is 1. The van der Waals surface area contributed by atoms with E-state index in [1.165, 1.54) is 0 Å². The van der Waals surface area contributed by atoms with Gasteiger partial charge in [0.05, 0.1) is 37.6 Å². The Kier molecular flexibility index (Phi) is 12.1. The summed E-state index contributed by atoms with van der Waals surface area (Å²) in [6.07, 6.45) is -6.06. The number of nitrogens with one attached hydrogen (secondary N) is 2. The van der Waals surface area contributed by atoms with Crippen molar-refractivity contribution in [1.29, 1.82) is 5.41 Å². The van der Waals surface area contributed by atoms with Crippen LogP contribution in [0.5, 0.6) is 11.5 Å². The average Bonchev–Trinajstić information content (AvgIpc) is 3.53. The van der Waals surface area contributed by atoms with Crippen molar-refractivity contribution in [2.24, 2.45) is 0 Å². The Morgan fingerprint density at radius 3 is 2.23 bits per heavy atom. The summed E-state index contributed by atoms with van der Waals surface area (Å²) in [7, 11) is 3.17. The Hall–Kier alpha value is -4.37. The molecule has 48 heavy (non-hydrogen) atoms. The highest BCUT2D eigenvalue weighted by Crippen LogP contribution is 2.42. The monoisotopic (exact) mass is 680 g/mol.